The average Bonchev–Trinajstić information content (AvgIpc) is 2.60. The summed E-state index contributed by atoms with van der Waals surface area (Å²) in [6, 6.07) is 6.87. The van der Waals surface area contributed by atoms with Crippen molar-refractivity contribution in [1.82, 2.24) is 10.3 Å². The molecule has 0 radical (unpaired) electrons. The molecule has 1 heterocycles. The molecule has 1 aromatic carbocycles. The van der Waals surface area contributed by atoms with Gasteiger partial charge in [0.15, 0.2) is 11.6 Å². The summed E-state index contributed by atoms with van der Waals surface area (Å²) in [6.45, 7) is 0. The van der Waals surface area contributed by atoms with Gasteiger partial charge in [-0.1, -0.05) is 6.07 Å². The summed E-state index contributed by atoms with van der Waals surface area (Å²) >= 11 is 0. The van der Waals surface area contributed by atoms with E-state index in [9.17, 15) is 18.7 Å². The highest BCUT2D eigenvalue weighted by Gasteiger charge is 2.37. The van der Waals surface area contributed by atoms with E-state index in [1.807, 2.05) is 0 Å². The van der Waals surface area contributed by atoms with Crippen LogP contribution in [0.4, 0.5) is 8.78 Å². The maximum Gasteiger partial charge on any atom is 0.258 e. The topological polar surface area (TPSA) is 71.5 Å². The number of aromatic nitrogens is 1. The summed E-state index contributed by atoms with van der Waals surface area (Å²) in [5.41, 5.74) is 0.117. The number of hydrogen-bond acceptors (Lipinski definition) is 4. The summed E-state index contributed by atoms with van der Waals surface area (Å²) in [5.74, 6) is -3.25. The van der Waals surface area contributed by atoms with E-state index in [1.54, 1.807) is 24.4 Å². The van der Waals surface area contributed by atoms with Crippen LogP contribution in [-0.4, -0.2) is 29.2 Å². The maximum absolute atomic E-state index is 14.1. The van der Waals surface area contributed by atoms with Crippen LogP contribution in [0.5, 0.6) is 5.75 Å². The van der Waals surface area contributed by atoms with Crippen molar-refractivity contribution in [3.63, 3.8) is 0 Å². The van der Waals surface area contributed by atoms with Gasteiger partial charge in [-0.2, -0.15) is 0 Å². The number of pyridine rings is 1. The number of carbonyl (C=O) groups excluding carboxylic acids is 1. The quantitative estimate of drug-likeness (QED) is 0.871. The normalized spacial score (nSPS) is 20.5. The molecule has 2 N–H and O–H groups in total. The van der Waals surface area contributed by atoms with E-state index in [0.717, 1.165) is 6.07 Å². The molecule has 1 fully saturated rings. The number of halogens is 2. The Bertz CT molecular complexity index is 764. The molecule has 1 atom stereocenters. The predicted octanol–water partition coefficient (Wildman–Crippen LogP) is 2.61. The molecule has 0 spiro atoms. The van der Waals surface area contributed by atoms with Crippen LogP contribution < -0.4 is 10.1 Å². The third kappa shape index (κ3) is 3.46. The first-order valence-electron chi connectivity index (χ1n) is 7.93. The van der Waals surface area contributed by atoms with Crippen LogP contribution in [0, 0.1) is 17.6 Å². The Morgan fingerprint density at radius 3 is 2.68 bits per heavy atom. The second kappa shape index (κ2) is 7.14. The molecule has 0 bridgehead atoms. The minimum atomic E-state index is -1.26. The summed E-state index contributed by atoms with van der Waals surface area (Å²) in [4.78, 5) is 16.9. The average molecular weight is 348 g/mol. The van der Waals surface area contributed by atoms with Crippen LogP contribution in [0.25, 0.3) is 0 Å². The number of carbonyl (C=O) groups is 1. The van der Waals surface area contributed by atoms with Gasteiger partial charge in [0, 0.05) is 6.20 Å². The molecule has 5 nitrogen and oxygen atoms in total. The highest BCUT2D eigenvalue weighted by atomic mass is 19.2. The predicted molar refractivity (Wildman–Crippen MR) is 86.1 cm³/mol. The zero-order valence-corrected chi connectivity index (χ0v) is 13.6. The Balaban J connectivity index is 1.90. The van der Waals surface area contributed by atoms with Crippen molar-refractivity contribution in [2.45, 2.75) is 25.0 Å². The largest absolute Gasteiger partial charge is 0.496 e. The zero-order valence-electron chi connectivity index (χ0n) is 13.6. The van der Waals surface area contributed by atoms with E-state index in [2.05, 4.69) is 10.3 Å². The van der Waals surface area contributed by atoms with Gasteiger partial charge < -0.3 is 15.2 Å². The molecule has 132 valence electrons. The van der Waals surface area contributed by atoms with E-state index < -0.39 is 35.3 Å². The lowest BCUT2D eigenvalue weighted by Gasteiger charge is -2.37. The Morgan fingerprint density at radius 1 is 1.32 bits per heavy atom. The first kappa shape index (κ1) is 17.3. The molecule has 1 aliphatic carbocycles. The van der Waals surface area contributed by atoms with Gasteiger partial charge in [0.05, 0.1) is 24.9 Å². The molecular weight excluding hydrogens is 330 g/mol. The van der Waals surface area contributed by atoms with Crippen molar-refractivity contribution < 1.29 is 23.4 Å². The van der Waals surface area contributed by atoms with E-state index in [0.29, 0.717) is 18.5 Å². The first-order valence-corrected chi connectivity index (χ1v) is 7.93. The zero-order chi connectivity index (χ0) is 18.0. The summed E-state index contributed by atoms with van der Waals surface area (Å²) < 4.78 is 32.7. The highest BCUT2D eigenvalue weighted by molar-refractivity contribution is 5.97. The summed E-state index contributed by atoms with van der Waals surface area (Å²) in [7, 11) is 1.28. The summed E-state index contributed by atoms with van der Waals surface area (Å²) in [5, 5.41) is 12.3. The number of ether oxygens (including phenoxy) is 1. The van der Waals surface area contributed by atoms with E-state index in [1.165, 1.54) is 13.2 Å². The molecule has 7 heteroatoms. The Morgan fingerprint density at radius 2 is 2.08 bits per heavy atom. The van der Waals surface area contributed by atoms with Crippen LogP contribution in [0.3, 0.4) is 0 Å². The number of nitrogens with one attached hydrogen (secondary N) is 1. The van der Waals surface area contributed by atoms with Gasteiger partial charge in [-0.05, 0) is 43.0 Å². The summed E-state index contributed by atoms with van der Waals surface area (Å²) in [6.07, 6.45) is 2.18. The standard InChI is InChI=1S/C18H18F2N2O3/c1-25-14-6-5-12(19)16(20)15(14)18(24)22-17(10-8-11(23)9-10)13-4-2-3-7-21-13/h2-7,10-11,17,23H,8-9H2,1H3,(H,22,24)/t10?,11?,17-/m1/s1. The SMILES string of the molecule is COc1ccc(F)c(F)c1C(=O)N[C@@H](c1ccccn1)C1CC(O)C1. The fraction of sp³-hybridized carbons (Fsp3) is 0.333. The molecule has 3 rings (SSSR count). The van der Waals surface area contributed by atoms with Gasteiger partial charge in [-0.3, -0.25) is 9.78 Å². The Kier molecular flexibility index (Phi) is 4.94. The van der Waals surface area contributed by atoms with E-state index in [4.69, 9.17) is 4.74 Å². The lowest BCUT2D eigenvalue weighted by molar-refractivity contribution is 0.0227. The number of rotatable bonds is 5. The van der Waals surface area contributed by atoms with Gasteiger partial charge in [0.1, 0.15) is 11.3 Å². The van der Waals surface area contributed by atoms with Crippen molar-refractivity contribution in [3.05, 3.63) is 59.4 Å². The number of aliphatic hydroxyl groups excluding tert-OH is 1. The number of hydrogen-bond donors (Lipinski definition) is 2. The lowest BCUT2D eigenvalue weighted by atomic mass is 9.76. The molecule has 1 saturated carbocycles. The van der Waals surface area contributed by atoms with Crippen molar-refractivity contribution in [2.75, 3.05) is 7.11 Å². The Labute approximate surface area is 143 Å². The smallest absolute Gasteiger partial charge is 0.258 e. The van der Waals surface area contributed by atoms with Crippen molar-refractivity contribution >= 4 is 5.91 Å². The van der Waals surface area contributed by atoms with Crippen LogP contribution in [0.2, 0.25) is 0 Å². The highest BCUT2D eigenvalue weighted by Crippen LogP contribution is 2.38. The second-order valence-electron chi connectivity index (χ2n) is 6.03. The fourth-order valence-corrected chi connectivity index (χ4v) is 3.02. The van der Waals surface area contributed by atoms with Gasteiger partial charge in [-0.15, -0.1) is 0 Å². The fourth-order valence-electron chi connectivity index (χ4n) is 3.02. The Hall–Kier alpha value is -2.54. The van der Waals surface area contributed by atoms with Gasteiger partial charge in [0.25, 0.3) is 5.91 Å². The molecule has 2 aromatic rings. The monoisotopic (exact) mass is 348 g/mol. The molecule has 0 saturated heterocycles. The van der Waals surface area contributed by atoms with E-state index >= 15 is 0 Å². The van der Waals surface area contributed by atoms with Gasteiger partial charge in [0.2, 0.25) is 0 Å². The minimum Gasteiger partial charge on any atom is -0.496 e. The molecule has 0 aliphatic heterocycles. The number of methoxy groups -OCH3 is 1. The molecule has 1 aromatic heterocycles. The first-order chi connectivity index (χ1) is 12.0. The number of nitrogens with zero attached hydrogens (tertiary/aromatic N) is 1. The van der Waals surface area contributed by atoms with Crippen LogP contribution in [-0.2, 0) is 0 Å². The van der Waals surface area contributed by atoms with Crippen LogP contribution >= 0.6 is 0 Å². The number of aliphatic hydroxyl groups is 1. The number of benzene rings is 1. The van der Waals surface area contributed by atoms with Crippen molar-refractivity contribution in [1.29, 1.82) is 0 Å². The van der Waals surface area contributed by atoms with Gasteiger partial charge in [-0.25, -0.2) is 8.78 Å². The molecule has 1 amide bonds. The molecule has 25 heavy (non-hydrogen) atoms. The maximum atomic E-state index is 14.1. The van der Waals surface area contributed by atoms with Crippen molar-refractivity contribution in [2.24, 2.45) is 5.92 Å². The minimum absolute atomic E-state index is 0.0311. The van der Waals surface area contributed by atoms with Crippen LogP contribution in [0.15, 0.2) is 36.5 Å². The van der Waals surface area contributed by atoms with Crippen LogP contribution in [0.1, 0.15) is 34.9 Å². The third-order valence-corrected chi connectivity index (χ3v) is 4.42. The van der Waals surface area contributed by atoms with Crippen molar-refractivity contribution in [3.8, 4) is 5.75 Å². The molecule has 1 aliphatic rings. The lowest BCUT2D eigenvalue weighted by Crippen LogP contribution is -2.42. The number of amides is 1. The van der Waals surface area contributed by atoms with Gasteiger partial charge >= 0.3 is 0 Å². The molecule has 0 unspecified atom stereocenters. The second-order valence-corrected chi connectivity index (χ2v) is 6.03. The van der Waals surface area contributed by atoms with E-state index in [-0.39, 0.29) is 11.7 Å². The third-order valence-electron chi connectivity index (χ3n) is 4.42. The molecular formula is C18H18F2N2O3.